The fourth-order valence-electron chi connectivity index (χ4n) is 7.19. The largest absolute Gasteiger partial charge is 0.393 e. The molecule has 144 valence electrons. The molecule has 5 rings (SSSR count). The highest BCUT2D eigenvalue weighted by Gasteiger charge is 2.57. The van der Waals surface area contributed by atoms with Crippen molar-refractivity contribution < 1.29 is 9.50 Å². The Balaban J connectivity index is 1.48. The molecule has 1 aromatic rings. The summed E-state index contributed by atoms with van der Waals surface area (Å²) in [6.45, 7) is 4.84. The van der Waals surface area contributed by atoms with Crippen LogP contribution in [0.15, 0.2) is 42.0 Å². The molecule has 6 atom stereocenters. The van der Waals surface area contributed by atoms with Crippen LogP contribution in [0.2, 0.25) is 0 Å². The minimum Gasteiger partial charge on any atom is -0.393 e. The highest BCUT2D eigenvalue weighted by Crippen LogP contribution is 2.64. The maximum atomic E-state index is 13.3. The lowest BCUT2D eigenvalue weighted by molar-refractivity contribution is -0.0622. The average Bonchev–Trinajstić information content (AvgIpc) is 2.97. The SMILES string of the molecule is C[C@]12CCC(c3ccc(F)cc3)=CC1=CC[C@@H]1[C@@H]2CC[C@]2(C)C(O)CC[C@@H]12. The van der Waals surface area contributed by atoms with E-state index in [0.29, 0.717) is 5.92 Å². The first kappa shape index (κ1) is 17.7. The zero-order valence-corrected chi connectivity index (χ0v) is 16.5. The number of benzene rings is 1. The van der Waals surface area contributed by atoms with E-state index in [4.69, 9.17) is 0 Å². The van der Waals surface area contributed by atoms with Crippen LogP contribution in [0, 0.1) is 34.4 Å². The molecule has 0 radical (unpaired) electrons. The summed E-state index contributed by atoms with van der Waals surface area (Å²) in [4.78, 5) is 0. The van der Waals surface area contributed by atoms with E-state index in [9.17, 15) is 9.50 Å². The first-order chi connectivity index (χ1) is 12.9. The number of hydrogen-bond donors (Lipinski definition) is 1. The summed E-state index contributed by atoms with van der Waals surface area (Å²) in [5.74, 6) is 1.99. The Morgan fingerprint density at radius 3 is 2.56 bits per heavy atom. The molecule has 2 heteroatoms. The number of rotatable bonds is 1. The maximum Gasteiger partial charge on any atom is 0.123 e. The van der Waals surface area contributed by atoms with E-state index in [1.807, 2.05) is 12.1 Å². The van der Waals surface area contributed by atoms with Crippen LogP contribution in [-0.4, -0.2) is 11.2 Å². The van der Waals surface area contributed by atoms with Gasteiger partial charge in [-0.1, -0.05) is 38.1 Å². The molecule has 1 aromatic carbocycles. The molecule has 1 N–H and O–H groups in total. The third-order valence-corrected chi connectivity index (χ3v) is 8.93. The highest BCUT2D eigenvalue weighted by molar-refractivity contribution is 5.70. The summed E-state index contributed by atoms with van der Waals surface area (Å²) < 4.78 is 13.3. The van der Waals surface area contributed by atoms with Gasteiger partial charge in [-0.05, 0) is 102 Å². The van der Waals surface area contributed by atoms with Crippen molar-refractivity contribution in [3.63, 3.8) is 0 Å². The topological polar surface area (TPSA) is 20.2 Å². The van der Waals surface area contributed by atoms with Gasteiger partial charge in [-0.3, -0.25) is 0 Å². The normalized spacial score (nSPS) is 43.3. The Morgan fingerprint density at radius 2 is 1.78 bits per heavy atom. The molecule has 1 unspecified atom stereocenters. The molecule has 0 bridgehead atoms. The lowest BCUT2D eigenvalue weighted by atomic mass is 9.48. The van der Waals surface area contributed by atoms with Crippen molar-refractivity contribution in [2.45, 2.75) is 64.9 Å². The number of hydrogen-bond acceptors (Lipinski definition) is 1. The zero-order chi connectivity index (χ0) is 18.8. The Bertz CT molecular complexity index is 806. The predicted molar refractivity (Wildman–Crippen MR) is 107 cm³/mol. The van der Waals surface area contributed by atoms with Gasteiger partial charge in [0.2, 0.25) is 0 Å². The molecular formula is C25H31FO. The highest BCUT2D eigenvalue weighted by atomic mass is 19.1. The van der Waals surface area contributed by atoms with Gasteiger partial charge in [0.25, 0.3) is 0 Å². The van der Waals surface area contributed by atoms with Crippen LogP contribution < -0.4 is 0 Å². The van der Waals surface area contributed by atoms with Crippen LogP contribution in [0.5, 0.6) is 0 Å². The van der Waals surface area contributed by atoms with Gasteiger partial charge in [0.1, 0.15) is 5.82 Å². The minimum absolute atomic E-state index is 0.0991. The molecule has 1 nitrogen and oxygen atoms in total. The fourth-order valence-corrected chi connectivity index (χ4v) is 7.19. The van der Waals surface area contributed by atoms with Crippen LogP contribution >= 0.6 is 0 Å². The molecule has 0 aromatic heterocycles. The second-order valence-electron chi connectivity index (χ2n) is 10.0. The van der Waals surface area contributed by atoms with Crippen molar-refractivity contribution in [3.05, 3.63) is 53.4 Å². The van der Waals surface area contributed by atoms with Gasteiger partial charge in [0.05, 0.1) is 6.10 Å². The predicted octanol–water partition coefficient (Wildman–Crippen LogP) is 6.14. The molecule has 0 saturated heterocycles. The van der Waals surface area contributed by atoms with Gasteiger partial charge in [-0.25, -0.2) is 4.39 Å². The van der Waals surface area contributed by atoms with Crippen LogP contribution in [0.4, 0.5) is 4.39 Å². The third kappa shape index (κ3) is 2.52. The van der Waals surface area contributed by atoms with Gasteiger partial charge < -0.3 is 5.11 Å². The summed E-state index contributed by atoms with van der Waals surface area (Å²) in [5, 5.41) is 10.6. The summed E-state index contributed by atoms with van der Waals surface area (Å²) in [6, 6.07) is 6.98. The molecule has 2 fully saturated rings. The number of aliphatic hydroxyl groups is 1. The average molecular weight is 367 g/mol. The monoisotopic (exact) mass is 366 g/mol. The number of allylic oxidation sites excluding steroid dienone is 4. The molecule has 4 aliphatic rings. The van der Waals surface area contributed by atoms with E-state index >= 15 is 0 Å². The van der Waals surface area contributed by atoms with Gasteiger partial charge in [0.15, 0.2) is 0 Å². The Morgan fingerprint density at radius 1 is 1.00 bits per heavy atom. The van der Waals surface area contributed by atoms with E-state index in [1.165, 1.54) is 36.8 Å². The first-order valence-corrected chi connectivity index (χ1v) is 10.8. The lowest BCUT2D eigenvalue weighted by Gasteiger charge is -2.56. The molecule has 0 heterocycles. The van der Waals surface area contributed by atoms with Gasteiger partial charge >= 0.3 is 0 Å². The van der Waals surface area contributed by atoms with E-state index in [2.05, 4.69) is 26.0 Å². The quantitative estimate of drug-likeness (QED) is 0.633. The van der Waals surface area contributed by atoms with Crippen LogP contribution in [0.1, 0.15) is 64.4 Å². The van der Waals surface area contributed by atoms with E-state index in [1.54, 1.807) is 12.1 Å². The number of fused-ring (bicyclic) bond motifs is 5. The molecule has 27 heavy (non-hydrogen) atoms. The van der Waals surface area contributed by atoms with Gasteiger partial charge in [0, 0.05) is 0 Å². The van der Waals surface area contributed by atoms with E-state index < -0.39 is 0 Å². The van der Waals surface area contributed by atoms with Crippen molar-refractivity contribution in [1.82, 2.24) is 0 Å². The Labute approximate surface area is 162 Å². The van der Waals surface area contributed by atoms with Crippen molar-refractivity contribution in [2.24, 2.45) is 28.6 Å². The lowest BCUT2D eigenvalue weighted by Crippen LogP contribution is -2.50. The summed E-state index contributed by atoms with van der Waals surface area (Å²) in [6.07, 6.45) is 12.9. The first-order valence-electron chi connectivity index (χ1n) is 10.8. The minimum atomic E-state index is -0.163. The molecular weight excluding hydrogens is 335 g/mol. The molecule has 0 aliphatic heterocycles. The standard InChI is InChI=1S/C25H31FO/c1-24-13-11-17(16-3-6-19(26)7-4-16)15-18(24)5-8-20-21-9-10-23(27)25(21,2)14-12-22(20)24/h3-7,15,20-23,27H,8-14H2,1-2H3/t20-,21-,22-,23?,24-,25-/m0/s1. The number of aliphatic hydroxyl groups excluding tert-OH is 1. The smallest absolute Gasteiger partial charge is 0.123 e. The summed E-state index contributed by atoms with van der Waals surface area (Å²) >= 11 is 0. The molecule has 2 saturated carbocycles. The second kappa shape index (κ2) is 6.04. The Hall–Kier alpha value is -1.41. The van der Waals surface area contributed by atoms with Crippen molar-refractivity contribution in [2.75, 3.05) is 0 Å². The van der Waals surface area contributed by atoms with Crippen LogP contribution in [0.25, 0.3) is 5.57 Å². The zero-order valence-electron chi connectivity index (χ0n) is 16.5. The van der Waals surface area contributed by atoms with Gasteiger partial charge in [-0.2, -0.15) is 0 Å². The van der Waals surface area contributed by atoms with Crippen molar-refractivity contribution >= 4 is 5.57 Å². The van der Waals surface area contributed by atoms with Crippen molar-refractivity contribution in [3.8, 4) is 0 Å². The molecule has 0 amide bonds. The summed E-state index contributed by atoms with van der Waals surface area (Å²) in [5.41, 5.74) is 4.44. The third-order valence-electron chi connectivity index (χ3n) is 8.93. The van der Waals surface area contributed by atoms with Crippen molar-refractivity contribution in [1.29, 1.82) is 0 Å². The van der Waals surface area contributed by atoms with E-state index in [-0.39, 0.29) is 22.8 Å². The molecule has 0 spiro atoms. The fraction of sp³-hybridized carbons (Fsp3) is 0.600. The maximum absolute atomic E-state index is 13.3. The van der Waals surface area contributed by atoms with E-state index in [0.717, 1.165) is 36.7 Å². The van der Waals surface area contributed by atoms with Crippen LogP contribution in [0.3, 0.4) is 0 Å². The molecule has 4 aliphatic carbocycles. The summed E-state index contributed by atoms with van der Waals surface area (Å²) in [7, 11) is 0. The van der Waals surface area contributed by atoms with Crippen LogP contribution in [-0.2, 0) is 0 Å². The second-order valence-corrected chi connectivity index (χ2v) is 10.0. The number of halogens is 1. The van der Waals surface area contributed by atoms with Gasteiger partial charge in [-0.15, -0.1) is 0 Å². The Kier molecular flexibility index (Phi) is 3.95.